The molecular weight excluding hydrogens is 506 g/mol. The van der Waals surface area contributed by atoms with Gasteiger partial charge in [0.05, 0.1) is 31.8 Å². The topological polar surface area (TPSA) is 114 Å². The van der Waals surface area contributed by atoms with Crippen LogP contribution in [0.1, 0.15) is 29.8 Å². The molecule has 0 atom stereocenters. The molecule has 0 saturated carbocycles. The largest absolute Gasteiger partial charge is 0.279 e. The van der Waals surface area contributed by atoms with E-state index in [0.717, 1.165) is 11.8 Å². The highest BCUT2D eigenvalue weighted by Crippen LogP contribution is 2.32. The molecule has 0 fully saturated rings. The van der Waals surface area contributed by atoms with Gasteiger partial charge in [0.1, 0.15) is 0 Å². The molecule has 0 spiro atoms. The fraction of sp³-hybridized carbons (Fsp3) is 0.208. The van der Waals surface area contributed by atoms with Crippen molar-refractivity contribution in [3.05, 3.63) is 78.1 Å². The first-order valence-corrected chi connectivity index (χ1v) is 14.9. The zero-order valence-corrected chi connectivity index (χ0v) is 21.7. The van der Waals surface area contributed by atoms with Crippen molar-refractivity contribution in [1.29, 1.82) is 0 Å². The van der Waals surface area contributed by atoms with Crippen molar-refractivity contribution in [2.24, 2.45) is 0 Å². The minimum absolute atomic E-state index is 0.149. The second-order valence-electron chi connectivity index (χ2n) is 8.27. The predicted octanol–water partition coefficient (Wildman–Crippen LogP) is 4.12. The van der Waals surface area contributed by atoms with E-state index in [1.807, 2.05) is 6.07 Å². The van der Waals surface area contributed by atoms with E-state index in [2.05, 4.69) is 9.97 Å². The number of hydrogen-bond acceptors (Lipinski definition) is 8. The Balaban J connectivity index is 1.75. The van der Waals surface area contributed by atoms with Crippen LogP contribution in [-0.2, 0) is 26.2 Å². The van der Waals surface area contributed by atoms with Gasteiger partial charge < -0.3 is 0 Å². The van der Waals surface area contributed by atoms with Gasteiger partial charge in [-0.2, -0.15) is 0 Å². The van der Waals surface area contributed by atoms with E-state index < -0.39 is 24.9 Å². The molecular formula is C24H23N3O5S3. The van der Waals surface area contributed by atoms with Crippen LogP contribution in [0.2, 0.25) is 0 Å². The number of pyridine rings is 1. The first-order chi connectivity index (χ1) is 16.5. The summed E-state index contributed by atoms with van der Waals surface area (Å²) in [5.41, 5.74) is 1.64. The summed E-state index contributed by atoms with van der Waals surface area (Å²) >= 11 is 1.20. The Morgan fingerprint density at radius 2 is 1.69 bits per heavy atom. The van der Waals surface area contributed by atoms with Crippen molar-refractivity contribution in [2.45, 2.75) is 35.4 Å². The van der Waals surface area contributed by atoms with Gasteiger partial charge in [-0.3, -0.25) is 14.7 Å². The molecule has 11 heteroatoms. The number of hydrogen-bond donors (Lipinski definition) is 0. The Morgan fingerprint density at radius 3 is 2.29 bits per heavy atom. The molecule has 2 aromatic carbocycles. The van der Waals surface area contributed by atoms with Gasteiger partial charge in [-0.25, -0.2) is 21.8 Å². The van der Waals surface area contributed by atoms with Crippen LogP contribution in [0.15, 0.2) is 76.8 Å². The van der Waals surface area contributed by atoms with Gasteiger partial charge in [-0.15, -0.1) is 0 Å². The third kappa shape index (κ3) is 5.26. The highest BCUT2D eigenvalue weighted by Gasteiger charge is 2.24. The van der Waals surface area contributed by atoms with Gasteiger partial charge >= 0.3 is 0 Å². The minimum Gasteiger partial charge on any atom is -0.279 e. The third-order valence-corrected chi connectivity index (χ3v) is 9.69. The molecule has 0 aliphatic rings. The van der Waals surface area contributed by atoms with Gasteiger partial charge in [-0.1, -0.05) is 17.4 Å². The predicted molar refractivity (Wildman–Crippen MR) is 136 cm³/mol. The third-order valence-electron chi connectivity index (χ3n) is 5.37. The SMILES string of the molecule is CC(C)S(=O)(=O)c1ccc(C(=O)N(Cc2cccnc2)c2nc3ccc(S(C)(=O)=O)cc3s2)cc1. The second-order valence-corrected chi connectivity index (χ2v) is 13.8. The van der Waals surface area contributed by atoms with Crippen LogP contribution in [-0.4, -0.2) is 44.2 Å². The molecule has 0 radical (unpaired) electrons. The van der Waals surface area contributed by atoms with Crippen molar-refractivity contribution < 1.29 is 21.6 Å². The number of aromatic nitrogens is 2. The Hall–Kier alpha value is -3.15. The number of thiazole rings is 1. The highest BCUT2D eigenvalue weighted by atomic mass is 32.2. The summed E-state index contributed by atoms with van der Waals surface area (Å²) in [6.45, 7) is 3.39. The molecule has 4 rings (SSSR count). The Morgan fingerprint density at radius 1 is 1.00 bits per heavy atom. The fourth-order valence-corrected chi connectivity index (χ4v) is 6.14. The molecule has 2 aromatic heterocycles. The molecule has 1 amide bonds. The molecule has 35 heavy (non-hydrogen) atoms. The summed E-state index contributed by atoms with van der Waals surface area (Å²) in [6, 6.07) is 14.1. The standard InChI is InChI=1S/C24H23N3O5S3/c1-16(2)35(31,32)19-8-6-18(7-9-19)23(28)27(15-17-5-4-12-25-14-17)24-26-21-11-10-20(34(3,29)30)13-22(21)33-24/h4-14,16H,15H2,1-3H3. The number of carbonyl (C=O) groups is 1. The van der Waals surface area contributed by atoms with Crippen LogP contribution in [0, 0.1) is 0 Å². The van der Waals surface area contributed by atoms with Crippen molar-refractivity contribution in [3.8, 4) is 0 Å². The maximum absolute atomic E-state index is 13.6. The summed E-state index contributed by atoms with van der Waals surface area (Å²) in [5, 5.41) is -0.191. The van der Waals surface area contributed by atoms with Gasteiger partial charge in [-0.05, 0) is 67.9 Å². The Bertz CT molecular complexity index is 1600. The van der Waals surface area contributed by atoms with Gasteiger partial charge in [0.15, 0.2) is 24.8 Å². The Kier molecular flexibility index (Phi) is 6.76. The zero-order chi connectivity index (χ0) is 25.4. The molecule has 4 aromatic rings. The van der Waals surface area contributed by atoms with Crippen LogP contribution >= 0.6 is 11.3 Å². The number of rotatable bonds is 7. The van der Waals surface area contributed by atoms with Gasteiger partial charge in [0.25, 0.3) is 5.91 Å². The smallest absolute Gasteiger partial charge is 0.260 e. The number of benzene rings is 2. The lowest BCUT2D eigenvalue weighted by atomic mass is 10.2. The van der Waals surface area contributed by atoms with Crippen LogP contribution < -0.4 is 4.90 Å². The molecule has 182 valence electrons. The fourth-order valence-electron chi connectivity index (χ4n) is 3.35. The number of nitrogens with zero attached hydrogens (tertiary/aromatic N) is 3. The summed E-state index contributed by atoms with van der Waals surface area (Å²) < 4.78 is 49.5. The molecule has 8 nitrogen and oxygen atoms in total. The molecule has 0 saturated heterocycles. The van der Waals surface area contributed by atoms with Crippen molar-refractivity contribution in [2.75, 3.05) is 11.2 Å². The number of fused-ring (bicyclic) bond motifs is 1. The average Bonchev–Trinajstić information content (AvgIpc) is 3.25. The summed E-state index contributed by atoms with van der Waals surface area (Å²) in [5.74, 6) is -0.371. The monoisotopic (exact) mass is 529 g/mol. The van der Waals surface area contributed by atoms with Crippen molar-refractivity contribution >= 4 is 52.3 Å². The second kappa shape index (κ2) is 9.48. The van der Waals surface area contributed by atoms with E-state index in [9.17, 15) is 21.6 Å². The summed E-state index contributed by atoms with van der Waals surface area (Å²) in [6.07, 6.45) is 4.42. The first kappa shape index (κ1) is 25.0. The normalized spacial score (nSPS) is 12.2. The zero-order valence-electron chi connectivity index (χ0n) is 19.2. The van der Waals surface area contributed by atoms with E-state index in [1.54, 1.807) is 44.4 Å². The maximum Gasteiger partial charge on any atom is 0.260 e. The quantitative estimate of drug-likeness (QED) is 0.354. The molecule has 0 aliphatic heterocycles. The van der Waals surface area contributed by atoms with Crippen LogP contribution in [0.5, 0.6) is 0 Å². The summed E-state index contributed by atoms with van der Waals surface area (Å²) in [7, 11) is -6.86. The van der Waals surface area contributed by atoms with Crippen LogP contribution in [0.3, 0.4) is 0 Å². The van der Waals surface area contributed by atoms with Crippen LogP contribution in [0.4, 0.5) is 5.13 Å². The molecule has 0 unspecified atom stereocenters. The lowest BCUT2D eigenvalue weighted by Gasteiger charge is -2.20. The van der Waals surface area contributed by atoms with E-state index in [0.29, 0.717) is 20.9 Å². The number of anilines is 1. The Labute approximate surface area is 208 Å². The van der Waals surface area contributed by atoms with Gasteiger partial charge in [0.2, 0.25) is 0 Å². The number of sulfone groups is 2. The van der Waals surface area contributed by atoms with E-state index >= 15 is 0 Å². The lowest BCUT2D eigenvalue weighted by molar-refractivity contribution is 0.0985. The molecule has 0 bridgehead atoms. The van der Waals surface area contributed by atoms with Crippen molar-refractivity contribution in [1.82, 2.24) is 9.97 Å². The maximum atomic E-state index is 13.6. The molecule has 0 aliphatic carbocycles. The molecule has 0 N–H and O–H groups in total. The summed E-state index contributed by atoms with van der Waals surface area (Å²) in [4.78, 5) is 24.1. The number of amides is 1. The lowest BCUT2D eigenvalue weighted by Crippen LogP contribution is -2.30. The van der Waals surface area contributed by atoms with E-state index in [-0.39, 0.29) is 22.2 Å². The van der Waals surface area contributed by atoms with Crippen molar-refractivity contribution in [3.63, 3.8) is 0 Å². The minimum atomic E-state index is -3.47. The highest BCUT2D eigenvalue weighted by molar-refractivity contribution is 7.92. The molecule has 2 heterocycles. The van der Waals surface area contributed by atoms with E-state index in [1.165, 1.54) is 46.6 Å². The van der Waals surface area contributed by atoms with E-state index in [4.69, 9.17) is 0 Å². The first-order valence-electron chi connectivity index (χ1n) is 10.6. The number of carbonyl (C=O) groups excluding carboxylic acids is 1. The average molecular weight is 530 g/mol. The van der Waals surface area contributed by atoms with Crippen LogP contribution in [0.25, 0.3) is 10.2 Å². The van der Waals surface area contributed by atoms with Gasteiger partial charge in [0, 0.05) is 24.2 Å².